The first kappa shape index (κ1) is 13.4. The van der Waals surface area contributed by atoms with Gasteiger partial charge in [-0.1, -0.05) is 11.6 Å². The van der Waals surface area contributed by atoms with E-state index in [9.17, 15) is 14.0 Å². The molecule has 0 fully saturated rings. The lowest BCUT2D eigenvalue weighted by atomic mass is 10.1. The maximum absolute atomic E-state index is 13.8. The van der Waals surface area contributed by atoms with Gasteiger partial charge in [0.15, 0.2) is 5.82 Å². The van der Waals surface area contributed by atoms with Crippen LogP contribution in [-0.4, -0.2) is 19.0 Å². The molecule has 0 bridgehead atoms. The van der Waals surface area contributed by atoms with E-state index in [1.807, 2.05) is 0 Å². The molecule has 0 aromatic heterocycles. The highest BCUT2D eigenvalue weighted by atomic mass is 35.5. The zero-order valence-corrected chi connectivity index (χ0v) is 10.3. The van der Waals surface area contributed by atoms with E-state index in [4.69, 9.17) is 11.6 Å². The molecule has 0 spiro atoms. The molecule has 0 heterocycles. The van der Waals surface area contributed by atoms with E-state index in [1.165, 1.54) is 20.1 Å². The second-order valence-electron chi connectivity index (χ2n) is 3.42. The molecule has 92 valence electrons. The second-order valence-corrected chi connectivity index (χ2v) is 3.79. The van der Waals surface area contributed by atoms with Crippen molar-refractivity contribution in [3.63, 3.8) is 0 Å². The first-order valence-electron chi connectivity index (χ1n) is 4.73. The largest absolute Gasteiger partial charge is 0.465 e. The normalized spacial score (nSPS) is 9.94. The topological polar surface area (TPSA) is 55.4 Å². The van der Waals surface area contributed by atoms with Crippen LogP contribution in [0, 0.1) is 12.7 Å². The summed E-state index contributed by atoms with van der Waals surface area (Å²) in [7, 11) is 1.17. The minimum Gasteiger partial charge on any atom is -0.465 e. The van der Waals surface area contributed by atoms with E-state index < -0.39 is 17.7 Å². The highest BCUT2D eigenvalue weighted by molar-refractivity contribution is 6.32. The summed E-state index contributed by atoms with van der Waals surface area (Å²) in [5.74, 6) is -2.09. The number of carbonyl (C=O) groups is 2. The van der Waals surface area contributed by atoms with Crippen molar-refractivity contribution in [2.75, 3.05) is 12.4 Å². The van der Waals surface area contributed by atoms with Crippen LogP contribution in [0.2, 0.25) is 5.02 Å². The summed E-state index contributed by atoms with van der Waals surface area (Å²) < 4.78 is 18.3. The molecule has 4 nitrogen and oxygen atoms in total. The number of esters is 1. The molecule has 0 aliphatic rings. The van der Waals surface area contributed by atoms with Crippen molar-refractivity contribution >= 4 is 29.2 Å². The van der Waals surface area contributed by atoms with Gasteiger partial charge in [-0.3, -0.25) is 4.79 Å². The van der Waals surface area contributed by atoms with E-state index in [0.717, 1.165) is 0 Å². The zero-order valence-electron chi connectivity index (χ0n) is 9.56. The van der Waals surface area contributed by atoms with Crippen molar-refractivity contribution < 1.29 is 18.7 Å². The van der Waals surface area contributed by atoms with Crippen LogP contribution in [0.4, 0.5) is 10.1 Å². The van der Waals surface area contributed by atoms with E-state index >= 15 is 0 Å². The molecule has 0 aliphatic heterocycles. The van der Waals surface area contributed by atoms with Crippen LogP contribution in [-0.2, 0) is 9.53 Å². The van der Waals surface area contributed by atoms with Crippen LogP contribution in [0.5, 0.6) is 0 Å². The number of halogens is 2. The number of carbonyl (C=O) groups excluding carboxylic acids is 2. The molecule has 1 aromatic rings. The van der Waals surface area contributed by atoms with Gasteiger partial charge in [-0.2, -0.15) is 0 Å². The summed E-state index contributed by atoms with van der Waals surface area (Å²) in [6, 6.07) is 1.36. The first-order chi connectivity index (χ1) is 7.88. The number of amides is 1. The number of anilines is 1. The lowest BCUT2D eigenvalue weighted by molar-refractivity contribution is -0.114. The molecule has 0 atom stereocenters. The Labute approximate surface area is 103 Å². The molecule has 1 amide bonds. The molecule has 17 heavy (non-hydrogen) atoms. The van der Waals surface area contributed by atoms with Gasteiger partial charge in [-0.05, 0) is 18.6 Å². The average Bonchev–Trinajstić information content (AvgIpc) is 2.28. The van der Waals surface area contributed by atoms with Crippen molar-refractivity contribution in [3.05, 3.63) is 28.0 Å². The smallest absolute Gasteiger partial charge is 0.340 e. The Morgan fingerprint density at radius 3 is 2.53 bits per heavy atom. The number of benzene rings is 1. The molecule has 0 saturated carbocycles. The number of hydrogen-bond donors (Lipinski definition) is 1. The van der Waals surface area contributed by atoms with Gasteiger partial charge >= 0.3 is 5.97 Å². The minimum atomic E-state index is -0.845. The van der Waals surface area contributed by atoms with Gasteiger partial charge in [0.1, 0.15) is 0 Å². The highest BCUT2D eigenvalue weighted by Gasteiger charge is 2.21. The lowest BCUT2D eigenvalue weighted by Gasteiger charge is -2.12. The number of nitrogens with one attached hydrogen (secondary N) is 1. The number of ether oxygens (including phenoxy) is 1. The molecule has 0 saturated heterocycles. The molecular weight excluding hydrogens is 249 g/mol. The number of aryl methyl sites for hydroxylation is 1. The Bertz CT molecular complexity index is 488. The fraction of sp³-hybridized carbons (Fsp3) is 0.273. The number of rotatable bonds is 2. The van der Waals surface area contributed by atoms with E-state index in [0.29, 0.717) is 5.56 Å². The van der Waals surface area contributed by atoms with Crippen molar-refractivity contribution in [1.29, 1.82) is 0 Å². The third-order valence-corrected chi connectivity index (χ3v) is 2.56. The van der Waals surface area contributed by atoms with Gasteiger partial charge in [-0.15, -0.1) is 0 Å². The summed E-state index contributed by atoms with van der Waals surface area (Å²) in [6.07, 6.45) is 0. The fourth-order valence-electron chi connectivity index (χ4n) is 1.32. The third kappa shape index (κ3) is 2.74. The predicted molar refractivity (Wildman–Crippen MR) is 61.8 cm³/mol. The molecule has 0 radical (unpaired) electrons. The summed E-state index contributed by atoms with van der Waals surface area (Å²) in [5.41, 5.74) is 0.0562. The Morgan fingerprint density at radius 1 is 1.47 bits per heavy atom. The van der Waals surface area contributed by atoms with Crippen LogP contribution in [0.15, 0.2) is 6.07 Å². The van der Waals surface area contributed by atoms with Crippen LogP contribution >= 0.6 is 11.6 Å². The summed E-state index contributed by atoms with van der Waals surface area (Å²) in [6.45, 7) is 2.75. The van der Waals surface area contributed by atoms with Crippen molar-refractivity contribution in [1.82, 2.24) is 0 Å². The molecule has 1 aromatic carbocycles. The summed E-state index contributed by atoms with van der Waals surface area (Å²) >= 11 is 5.71. The zero-order chi connectivity index (χ0) is 13.2. The monoisotopic (exact) mass is 259 g/mol. The van der Waals surface area contributed by atoms with Gasteiger partial charge in [0.25, 0.3) is 0 Å². The number of hydrogen-bond acceptors (Lipinski definition) is 3. The third-order valence-electron chi connectivity index (χ3n) is 2.09. The second kappa shape index (κ2) is 5.14. The van der Waals surface area contributed by atoms with Gasteiger partial charge in [-0.25, -0.2) is 9.18 Å². The van der Waals surface area contributed by atoms with Crippen molar-refractivity contribution in [3.8, 4) is 0 Å². The maximum Gasteiger partial charge on any atom is 0.340 e. The van der Waals surface area contributed by atoms with Crippen molar-refractivity contribution in [2.24, 2.45) is 0 Å². The SMILES string of the molecule is COC(=O)c1cc(C)c(Cl)c(F)c1NC(C)=O. The number of methoxy groups -OCH3 is 1. The van der Waals surface area contributed by atoms with Gasteiger partial charge in [0.05, 0.1) is 23.4 Å². The molecule has 1 N–H and O–H groups in total. The highest BCUT2D eigenvalue weighted by Crippen LogP contribution is 2.30. The van der Waals surface area contributed by atoms with Gasteiger partial charge < -0.3 is 10.1 Å². The minimum absolute atomic E-state index is 0.0675. The van der Waals surface area contributed by atoms with E-state index in [2.05, 4.69) is 10.1 Å². The predicted octanol–water partition coefficient (Wildman–Crippen LogP) is 2.53. The van der Waals surface area contributed by atoms with Crippen LogP contribution < -0.4 is 5.32 Å². The maximum atomic E-state index is 13.8. The molecule has 6 heteroatoms. The Kier molecular flexibility index (Phi) is 4.07. The van der Waals surface area contributed by atoms with E-state index in [1.54, 1.807) is 6.92 Å². The summed E-state index contributed by atoms with van der Waals surface area (Å²) in [5, 5.41) is 2.09. The Balaban J connectivity index is 3.45. The quantitative estimate of drug-likeness (QED) is 0.831. The standard InChI is InChI=1S/C11H11ClFNO3/c1-5-4-7(11(16)17-3)10(14-6(2)15)9(13)8(5)12/h4H,1-3H3,(H,14,15). The Hall–Kier alpha value is -1.62. The van der Waals surface area contributed by atoms with Gasteiger partial charge in [0.2, 0.25) is 5.91 Å². The molecular formula is C11H11ClFNO3. The average molecular weight is 260 g/mol. The van der Waals surface area contributed by atoms with Gasteiger partial charge in [0, 0.05) is 6.92 Å². The van der Waals surface area contributed by atoms with E-state index in [-0.39, 0.29) is 16.3 Å². The van der Waals surface area contributed by atoms with Crippen LogP contribution in [0.25, 0.3) is 0 Å². The lowest BCUT2D eigenvalue weighted by Crippen LogP contribution is -2.14. The molecule has 0 aliphatic carbocycles. The van der Waals surface area contributed by atoms with Crippen LogP contribution in [0.3, 0.4) is 0 Å². The van der Waals surface area contributed by atoms with Crippen LogP contribution in [0.1, 0.15) is 22.8 Å². The molecule has 0 unspecified atom stereocenters. The fourth-order valence-corrected chi connectivity index (χ4v) is 1.47. The van der Waals surface area contributed by atoms with Crippen molar-refractivity contribution in [2.45, 2.75) is 13.8 Å². The first-order valence-corrected chi connectivity index (χ1v) is 5.10. The molecule has 1 rings (SSSR count). The summed E-state index contributed by atoms with van der Waals surface area (Å²) in [4.78, 5) is 22.4. The Morgan fingerprint density at radius 2 is 2.06 bits per heavy atom.